The molecule has 1 aromatic rings. The molecule has 3 rings (SSSR count). The summed E-state index contributed by atoms with van der Waals surface area (Å²) >= 11 is 0. The van der Waals surface area contributed by atoms with Crippen LogP contribution < -0.4 is 10.2 Å². The first kappa shape index (κ1) is 14.4. The molecule has 21 heavy (non-hydrogen) atoms. The van der Waals surface area contributed by atoms with Crippen molar-refractivity contribution >= 4 is 5.69 Å². The molecule has 2 N–H and O–H groups in total. The van der Waals surface area contributed by atoms with Crippen molar-refractivity contribution < 1.29 is 5.11 Å². The van der Waals surface area contributed by atoms with Gasteiger partial charge in [0.05, 0.1) is 23.9 Å². The summed E-state index contributed by atoms with van der Waals surface area (Å²) in [7, 11) is 0. The highest BCUT2D eigenvalue weighted by atomic mass is 16.3. The van der Waals surface area contributed by atoms with E-state index in [0.717, 1.165) is 36.3 Å². The van der Waals surface area contributed by atoms with E-state index in [-0.39, 0.29) is 12.6 Å². The molecule has 2 aliphatic rings. The second-order valence-electron chi connectivity index (χ2n) is 6.33. The normalized spacial score (nSPS) is 25.1. The van der Waals surface area contributed by atoms with E-state index in [1.165, 1.54) is 12.8 Å². The smallest absolute Gasteiger partial charge is 0.101 e. The van der Waals surface area contributed by atoms with Crippen molar-refractivity contribution in [2.45, 2.75) is 44.8 Å². The Bertz CT molecular complexity index is 547. The summed E-state index contributed by atoms with van der Waals surface area (Å²) in [5.74, 6) is 0.470. The van der Waals surface area contributed by atoms with Crippen LogP contribution in [-0.2, 0) is 6.54 Å². The van der Waals surface area contributed by atoms with Crippen molar-refractivity contribution in [3.05, 3.63) is 29.3 Å². The first-order valence-corrected chi connectivity index (χ1v) is 7.87. The van der Waals surface area contributed by atoms with E-state index in [2.05, 4.69) is 29.3 Å². The second-order valence-corrected chi connectivity index (χ2v) is 6.33. The van der Waals surface area contributed by atoms with Crippen molar-refractivity contribution in [1.29, 1.82) is 5.26 Å². The maximum absolute atomic E-state index is 9.60. The molecule has 1 aliphatic carbocycles. The number of nitriles is 1. The van der Waals surface area contributed by atoms with Crippen molar-refractivity contribution in [3.8, 4) is 6.07 Å². The van der Waals surface area contributed by atoms with Crippen LogP contribution in [0.1, 0.15) is 37.3 Å². The van der Waals surface area contributed by atoms with Crippen LogP contribution in [0.4, 0.5) is 5.69 Å². The van der Waals surface area contributed by atoms with Crippen LogP contribution in [0, 0.1) is 17.2 Å². The minimum atomic E-state index is 0.132. The number of rotatable bonds is 5. The molecule has 0 spiro atoms. The molecule has 2 fully saturated rings. The Hall–Kier alpha value is -1.57. The number of hydrogen-bond donors (Lipinski definition) is 2. The third-order valence-corrected chi connectivity index (χ3v) is 4.73. The van der Waals surface area contributed by atoms with Crippen LogP contribution in [0.2, 0.25) is 0 Å². The van der Waals surface area contributed by atoms with E-state index in [4.69, 9.17) is 0 Å². The molecule has 2 atom stereocenters. The van der Waals surface area contributed by atoms with Gasteiger partial charge in [0.25, 0.3) is 0 Å². The predicted octanol–water partition coefficient (Wildman–Crippen LogP) is 2.02. The van der Waals surface area contributed by atoms with E-state index >= 15 is 0 Å². The Morgan fingerprint density at radius 3 is 2.86 bits per heavy atom. The molecule has 1 saturated heterocycles. The van der Waals surface area contributed by atoms with Crippen LogP contribution in [0.15, 0.2) is 18.2 Å². The number of aliphatic hydroxyl groups excluding tert-OH is 1. The topological polar surface area (TPSA) is 59.3 Å². The Morgan fingerprint density at radius 2 is 2.19 bits per heavy atom. The fourth-order valence-electron chi connectivity index (χ4n) is 3.17. The molecule has 0 amide bonds. The van der Waals surface area contributed by atoms with Gasteiger partial charge in [-0.1, -0.05) is 13.0 Å². The maximum atomic E-state index is 9.60. The van der Waals surface area contributed by atoms with Crippen LogP contribution in [0.25, 0.3) is 0 Å². The third-order valence-electron chi connectivity index (χ3n) is 4.73. The summed E-state index contributed by atoms with van der Waals surface area (Å²) < 4.78 is 0. The van der Waals surface area contributed by atoms with E-state index in [0.29, 0.717) is 12.0 Å². The Kier molecular flexibility index (Phi) is 4.14. The zero-order chi connectivity index (χ0) is 14.8. The highest BCUT2D eigenvalue weighted by Gasteiger charge is 2.31. The molecule has 0 bridgehead atoms. The number of hydrogen-bond acceptors (Lipinski definition) is 4. The van der Waals surface area contributed by atoms with Crippen molar-refractivity contribution in [3.63, 3.8) is 0 Å². The second kappa shape index (κ2) is 6.05. The molecule has 1 aliphatic heterocycles. The molecule has 112 valence electrons. The van der Waals surface area contributed by atoms with Gasteiger partial charge in [0.15, 0.2) is 0 Å². The Morgan fingerprint density at radius 1 is 1.38 bits per heavy atom. The average molecular weight is 285 g/mol. The monoisotopic (exact) mass is 285 g/mol. The lowest BCUT2D eigenvalue weighted by atomic mass is 10.0. The van der Waals surface area contributed by atoms with E-state index < -0.39 is 0 Å². The van der Waals surface area contributed by atoms with Gasteiger partial charge in [-0.25, -0.2) is 0 Å². The molecular formula is C17H23N3O. The standard InChI is InChI=1S/C17H23N3O/c1-12-6-7-20(17(12)11-21)16-5-2-13(8-14(16)9-18)10-19-15-3-4-15/h2,5,8,12,15,17,19,21H,3-4,6-7,10-11H2,1H3. The highest BCUT2D eigenvalue weighted by molar-refractivity contribution is 5.61. The first-order chi connectivity index (χ1) is 10.2. The van der Waals surface area contributed by atoms with Crippen LogP contribution in [-0.4, -0.2) is 30.3 Å². The van der Waals surface area contributed by atoms with E-state index in [9.17, 15) is 10.4 Å². The Balaban J connectivity index is 1.79. The summed E-state index contributed by atoms with van der Waals surface area (Å²) in [5, 5.41) is 22.5. The summed E-state index contributed by atoms with van der Waals surface area (Å²) in [5.41, 5.74) is 2.85. The average Bonchev–Trinajstić information content (AvgIpc) is 3.26. The lowest BCUT2D eigenvalue weighted by molar-refractivity contribution is 0.244. The van der Waals surface area contributed by atoms with Gasteiger partial charge in [-0.2, -0.15) is 5.26 Å². The molecule has 1 heterocycles. The van der Waals surface area contributed by atoms with Crippen LogP contribution in [0.5, 0.6) is 0 Å². The summed E-state index contributed by atoms with van der Waals surface area (Å²) in [4.78, 5) is 2.20. The molecule has 0 radical (unpaired) electrons. The number of aliphatic hydroxyl groups is 1. The largest absolute Gasteiger partial charge is 0.394 e. The van der Waals surface area contributed by atoms with Crippen molar-refractivity contribution in [2.75, 3.05) is 18.1 Å². The summed E-state index contributed by atoms with van der Waals surface area (Å²) in [6.45, 7) is 4.07. The van der Waals surface area contributed by atoms with E-state index in [1.807, 2.05) is 12.1 Å². The number of anilines is 1. The fourth-order valence-corrected chi connectivity index (χ4v) is 3.17. The summed E-state index contributed by atoms with van der Waals surface area (Å²) in [6.07, 6.45) is 3.61. The number of nitrogens with zero attached hydrogens (tertiary/aromatic N) is 2. The van der Waals surface area contributed by atoms with Crippen LogP contribution in [0.3, 0.4) is 0 Å². The molecule has 4 nitrogen and oxygen atoms in total. The quantitative estimate of drug-likeness (QED) is 0.869. The van der Waals surface area contributed by atoms with Gasteiger partial charge >= 0.3 is 0 Å². The van der Waals surface area contributed by atoms with Gasteiger partial charge in [0, 0.05) is 19.1 Å². The van der Waals surface area contributed by atoms with Gasteiger partial charge in [0.2, 0.25) is 0 Å². The molecule has 4 heteroatoms. The minimum absolute atomic E-state index is 0.132. The summed E-state index contributed by atoms with van der Waals surface area (Å²) in [6, 6.07) is 9.26. The molecule has 1 aromatic carbocycles. The fraction of sp³-hybridized carbons (Fsp3) is 0.588. The minimum Gasteiger partial charge on any atom is -0.394 e. The number of nitrogens with one attached hydrogen (secondary N) is 1. The number of benzene rings is 1. The maximum Gasteiger partial charge on any atom is 0.101 e. The molecular weight excluding hydrogens is 262 g/mol. The van der Waals surface area contributed by atoms with Crippen molar-refractivity contribution in [2.24, 2.45) is 5.92 Å². The zero-order valence-electron chi connectivity index (χ0n) is 12.5. The van der Waals surface area contributed by atoms with Gasteiger partial charge < -0.3 is 15.3 Å². The van der Waals surface area contributed by atoms with E-state index in [1.54, 1.807) is 0 Å². The third kappa shape index (κ3) is 3.04. The van der Waals surface area contributed by atoms with Gasteiger partial charge in [-0.05, 0) is 42.9 Å². The lowest BCUT2D eigenvalue weighted by Gasteiger charge is -2.28. The SMILES string of the molecule is CC1CCN(c2ccc(CNC3CC3)cc2C#N)C1CO. The highest BCUT2D eigenvalue weighted by Crippen LogP contribution is 2.32. The zero-order valence-corrected chi connectivity index (χ0v) is 12.5. The molecule has 0 aromatic heterocycles. The molecule has 2 unspecified atom stereocenters. The predicted molar refractivity (Wildman–Crippen MR) is 83.0 cm³/mol. The van der Waals surface area contributed by atoms with Crippen molar-refractivity contribution in [1.82, 2.24) is 5.32 Å². The van der Waals surface area contributed by atoms with Gasteiger partial charge in [-0.15, -0.1) is 0 Å². The Labute approximate surface area is 126 Å². The van der Waals surface area contributed by atoms with Crippen LogP contribution >= 0.6 is 0 Å². The lowest BCUT2D eigenvalue weighted by Crippen LogP contribution is -2.35. The van der Waals surface area contributed by atoms with Gasteiger partial charge in [0.1, 0.15) is 6.07 Å². The molecule has 1 saturated carbocycles. The van der Waals surface area contributed by atoms with Gasteiger partial charge in [-0.3, -0.25) is 0 Å². The first-order valence-electron chi connectivity index (χ1n) is 7.87.